The van der Waals surface area contributed by atoms with Crippen LogP contribution in [0.25, 0.3) is 10.8 Å². The number of piperidine rings is 1. The van der Waals surface area contributed by atoms with Gasteiger partial charge in [0.2, 0.25) is 0 Å². The Balaban J connectivity index is 1.63. The van der Waals surface area contributed by atoms with Gasteiger partial charge >= 0.3 is 0 Å². The molecule has 3 rings (SSSR count). The van der Waals surface area contributed by atoms with Crippen molar-refractivity contribution in [2.24, 2.45) is 11.8 Å². The van der Waals surface area contributed by atoms with Crippen molar-refractivity contribution in [1.29, 1.82) is 0 Å². The summed E-state index contributed by atoms with van der Waals surface area (Å²) in [5.74, 6) is 1.55. The van der Waals surface area contributed by atoms with Gasteiger partial charge in [-0.25, -0.2) is 0 Å². The van der Waals surface area contributed by atoms with Crippen LogP contribution in [-0.2, 0) is 4.79 Å². The van der Waals surface area contributed by atoms with Gasteiger partial charge in [-0.15, -0.1) is 0 Å². The van der Waals surface area contributed by atoms with Crippen LogP contribution in [0, 0.1) is 11.8 Å². The average Bonchev–Trinajstić information content (AvgIpc) is 2.45. The summed E-state index contributed by atoms with van der Waals surface area (Å²) >= 11 is 0. The first-order valence-electron chi connectivity index (χ1n) is 8.22. The van der Waals surface area contributed by atoms with Crippen molar-refractivity contribution in [2.45, 2.75) is 20.3 Å². The molecule has 116 valence electrons. The lowest BCUT2D eigenvalue weighted by atomic mass is 9.92. The Labute approximate surface area is 132 Å². The van der Waals surface area contributed by atoms with Crippen LogP contribution in [0.5, 0.6) is 0 Å². The lowest BCUT2D eigenvalue weighted by Gasteiger charge is -2.31. The van der Waals surface area contributed by atoms with Crippen molar-refractivity contribution in [2.75, 3.05) is 25.0 Å². The minimum atomic E-state index is 0.117. The minimum Gasteiger partial charge on any atom is -0.327 e. The van der Waals surface area contributed by atoms with Crippen molar-refractivity contribution < 1.29 is 9.69 Å². The van der Waals surface area contributed by atoms with Gasteiger partial charge in [0.1, 0.15) is 0 Å². The van der Waals surface area contributed by atoms with E-state index in [9.17, 15) is 4.79 Å². The third-order valence-corrected chi connectivity index (χ3v) is 4.52. The standard InChI is InChI=1S/C19H24N2O/c1-14-9-15(2)12-21(11-14)13-19(22)20-18-8-7-16-5-3-4-6-17(16)10-18/h3-8,10,14-15H,9,11-13H2,1-2H3,(H,20,22)/p+1/t14-,15-/m0/s1. The Bertz CT molecular complexity index is 657. The lowest BCUT2D eigenvalue weighted by molar-refractivity contribution is -0.904. The highest BCUT2D eigenvalue weighted by molar-refractivity contribution is 5.94. The Kier molecular flexibility index (Phi) is 4.44. The van der Waals surface area contributed by atoms with E-state index in [2.05, 4.69) is 37.4 Å². The second-order valence-electron chi connectivity index (χ2n) is 6.89. The van der Waals surface area contributed by atoms with E-state index in [0.717, 1.165) is 24.2 Å². The van der Waals surface area contributed by atoms with Gasteiger partial charge in [0, 0.05) is 17.5 Å². The Hall–Kier alpha value is -1.87. The van der Waals surface area contributed by atoms with Crippen LogP contribution >= 0.6 is 0 Å². The number of anilines is 1. The number of likely N-dealkylation sites (tertiary alicyclic amines) is 1. The molecule has 1 fully saturated rings. The fourth-order valence-corrected chi connectivity index (χ4v) is 3.77. The summed E-state index contributed by atoms with van der Waals surface area (Å²) in [5, 5.41) is 5.41. The highest BCUT2D eigenvalue weighted by atomic mass is 16.2. The number of nitrogens with one attached hydrogen (secondary N) is 2. The van der Waals surface area contributed by atoms with Crippen LogP contribution in [0.15, 0.2) is 42.5 Å². The molecule has 0 spiro atoms. The molecular weight excluding hydrogens is 272 g/mol. The van der Waals surface area contributed by atoms with Crippen LogP contribution in [0.2, 0.25) is 0 Å². The highest BCUT2D eigenvalue weighted by Gasteiger charge is 2.26. The number of hydrogen-bond acceptors (Lipinski definition) is 1. The van der Waals surface area contributed by atoms with Crippen molar-refractivity contribution in [3.63, 3.8) is 0 Å². The maximum Gasteiger partial charge on any atom is 0.279 e. The molecule has 0 unspecified atom stereocenters. The molecule has 0 aromatic heterocycles. The summed E-state index contributed by atoms with van der Waals surface area (Å²) in [7, 11) is 0. The molecule has 1 aliphatic heterocycles. The first-order chi connectivity index (χ1) is 10.6. The minimum absolute atomic E-state index is 0.117. The monoisotopic (exact) mass is 297 g/mol. The molecule has 0 radical (unpaired) electrons. The summed E-state index contributed by atoms with van der Waals surface area (Å²) in [6.07, 6.45) is 1.29. The molecule has 1 saturated heterocycles. The quantitative estimate of drug-likeness (QED) is 0.896. The van der Waals surface area contributed by atoms with Gasteiger partial charge < -0.3 is 10.2 Å². The van der Waals surface area contributed by atoms with Gasteiger partial charge in [0.05, 0.1) is 13.1 Å². The number of hydrogen-bond donors (Lipinski definition) is 2. The fourth-order valence-electron chi connectivity index (χ4n) is 3.77. The van der Waals surface area contributed by atoms with Gasteiger partial charge in [-0.1, -0.05) is 44.2 Å². The highest BCUT2D eigenvalue weighted by Crippen LogP contribution is 2.18. The summed E-state index contributed by atoms with van der Waals surface area (Å²) in [6, 6.07) is 14.3. The second-order valence-corrected chi connectivity index (χ2v) is 6.89. The molecular formula is C19H25N2O+. The number of rotatable bonds is 3. The number of quaternary nitrogens is 1. The van der Waals surface area contributed by atoms with E-state index in [1.165, 1.54) is 16.7 Å². The maximum atomic E-state index is 12.3. The first kappa shape index (κ1) is 15.0. The van der Waals surface area contributed by atoms with Crippen LogP contribution in [-0.4, -0.2) is 25.5 Å². The largest absolute Gasteiger partial charge is 0.327 e. The number of fused-ring (bicyclic) bond motifs is 1. The SMILES string of the molecule is C[C@H]1C[C@H](C)C[NH+](CC(=O)Nc2ccc3ccccc3c2)C1. The Morgan fingerprint density at radius 1 is 1.09 bits per heavy atom. The summed E-state index contributed by atoms with van der Waals surface area (Å²) < 4.78 is 0. The zero-order valence-corrected chi connectivity index (χ0v) is 13.4. The van der Waals surface area contributed by atoms with Gasteiger partial charge in [-0.2, -0.15) is 0 Å². The molecule has 3 heteroatoms. The van der Waals surface area contributed by atoms with Gasteiger partial charge in [0.25, 0.3) is 5.91 Å². The smallest absolute Gasteiger partial charge is 0.279 e. The number of amides is 1. The van der Waals surface area contributed by atoms with Crippen LogP contribution in [0.3, 0.4) is 0 Å². The van der Waals surface area contributed by atoms with E-state index in [1.807, 2.05) is 24.3 Å². The van der Waals surface area contributed by atoms with Crippen molar-refractivity contribution in [3.8, 4) is 0 Å². The normalized spacial score (nSPS) is 25.1. The zero-order valence-electron chi connectivity index (χ0n) is 13.4. The summed E-state index contributed by atoms with van der Waals surface area (Å²) in [4.78, 5) is 13.7. The molecule has 2 aromatic carbocycles. The Morgan fingerprint density at radius 2 is 1.77 bits per heavy atom. The summed E-state index contributed by atoms with van der Waals surface area (Å²) in [5.41, 5.74) is 0.890. The molecule has 0 bridgehead atoms. The number of benzene rings is 2. The molecule has 1 amide bonds. The van der Waals surface area contributed by atoms with Gasteiger partial charge in [-0.3, -0.25) is 4.79 Å². The maximum absolute atomic E-state index is 12.3. The summed E-state index contributed by atoms with van der Waals surface area (Å²) in [6.45, 7) is 7.36. The second kappa shape index (κ2) is 6.49. The van der Waals surface area contributed by atoms with E-state index < -0.39 is 0 Å². The van der Waals surface area contributed by atoms with E-state index in [1.54, 1.807) is 0 Å². The van der Waals surface area contributed by atoms with Crippen LogP contribution in [0.1, 0.15) is 20.3 Å². The van der Waals surface area contributed by atoms with E-state index in [-0.39, 0.29) is 5.91 Å². The van der Waals surface area contributed by atoms with Crippen molar-refractivity contribution in [3.05, 3.63) is 42.5 Å². The molecule has 0 aliphatic carbocycles. The molecule has 1 heterocycles. The van der Waals surface area contributed by atoms with E-state index >= 15 is 0 Å². The fraction of sp³-hybridized carbons (Fsp3) is 0.421. The molecule has 0 saturated carbocycles. The predicted molar refractivity (Wildman–Crippen MR) is 91.1 cm³/mol. The third kappa shape index (κ3) is 3.66. The van der Waals surface area contributed by atoms with Crippen molar-refractivity contribution in [1.82, 2.24) is 0 Å². The molecule has 2 atom stereocenters. The molecule has 2 N–H and O–H groups in total. The Morgan fingerprint density at radius 3 is 2.50 bits per heavy atom. The van der Waals surface area contributed by atoms with Crippen molar-refractivity contribution >= 4 is 22.4 Å². The van der Waals surface area contributed by atoms with Gasteiger partial charge in [-0.05, 0) is 29.3 Å². The molecule has 2 aromatic rings. The topological polar surface area (TPSA) is 33.5 Å². The van der Waals surface area contributed by atoms with Crippen LogP contribution < -0.4 is 10.2 Å². The zero-order chi connectivity index (χ0) is 15.5. The average molecular weight is 297 g/mol. The van der Waals surface area contributed by atoms with Crippen LogP contribution in [0.4, 0.5) is 5.69 Å². The number of carbonyl (C=O) groups is 1. The molecule has 22 heavy (non-hydrogen) atoms. The first-order valence-corrected chi connectivity index (χ1v) is 8.22. The van der Waals surface area contributed by atoms with Gasteiger partial charge in [0.15, 0.2) is 6.54 Å². The molecule has 3 nitrogen and oxygen atoms in total. The number of carbonyl (C=O) groups excluding carboxylic acids is 1. The van der Waals surface area contributed by atoms with E-state index in [4.69, 9.17) is 0 Å². The predicted octanol–water partition coefficient (Wildman–Crippen LogP) is 2.34. The third-order valence-electron chi connectivity index (χ3n) is 4.52. The van der Waals surface area contributed by atoms with E-state index in [0.29, 0.717) is 18.4 Å². The lowest BCUT2D eigenvalue weighted by Crippen LogP contribution is -3.15. The molecule has 1 aliphatic rings.